The number of hydrogen-bond donors (Lipinski definition) is 0. The maximum atomic E-state index is 6.40. The highest BCUT2D eigenvalue weighted by Crippen LogP contribution is 2.43. The van der Waals surface area contributed by atoms with Gasteiger partial charge in [0.2, 0.25) is 0 Å². The summed E-state index contributed by atoms with van der Waals surface area (Å²) in [5, 5.41) is 8.85. The summed E-state index contributed by atoms with van der Waals surface area (Å²) in [4.78, 5) is 21.3. The van der Waals surface area contributed by atoms with Crippen LogP contribution in [0.15, 0.2) is 276 Å². The molecule has 6 aromatic heterocycles. The van der Waals surface area contributed by atoms with E-state index >= 15 is 0 Å². The van der Waals surface area contributed by atoms with Crippen LogP contribution < -0.4 is 0 Å². The predicted molar refractivity (Wildman–Crippen MR) is 333 cm³/mol. The molecule has 0 aliphatic heterocycles. The van der Waals surface area contributed by atoms with Crippen molar-refractivity contribution >= 4 is 87.5 Å². The highest BCUT2D eigenvalue weighted by Gasteiger charge is 2.23. The van der Waals surface area contributed by atoms with Crippen LogP contribution in [-0.4, -0.2) is 29.1 Å². The fourth-order valence-electron chi connectivity index (χ4n) is 12.3. The van der Waals surface area contributed by atoms with Crippen LogP contribution in [0, 0.1) is 0 Å². The number of benzene rings is 11. The highest BCUT2D eigenvalue weighted by atomic mass is 16.3. The number of nitrogens with zero attached hydrogens (tertiary/aromatic N) is 6. The minimum absolute atomic E-state index is 0.571. The standard InChI is InChI=1S/C74H44N6O2/c1-3-16-45(17-4-1)48-32-37-67-60(42-48)61-44-50(34-39-68(61)82-67)62-27-15-31-69(75-62)80-64-29-11-8-25-55(64)58-36-35-57-54-24-7-10-28-63(54)79(70(57)71(58)80)53-23-14-22-52(41-53)74-77-72(46-18-5-2-6-19-46)76-73(78-74)51-21-13-20-47(40-51)49-33-38-66-59(43-49)56-26-9-12-30-65(56)81-66/h1-44H. The van der Waals surface area contributed by atoms with Crippen molar-refractivity contribution in [2.45, 2.75) is 0 Å². The van der Waals surface area contributed by atoms with Crippen molar-refractivity contribution in [1.29, 1.82) is 0 Å². The average Bonchev–Trinajstić information content (AvgIpc) is 4.46. The number of para-hydroxylation sites is 3. The second-order valence-corrected chi connectivity index (χ2v) is 20.9. The van der Waals surface area contributed by atoms with E-state index in [1.165, 1.54) is 5.56 Å². The molecule has 8 nitrogen and oxygen atoms in total. The van der Waals surface area contributed by atoms with Gasteiger partial charge < -0.3 is 13.4 Å². The molecule has 0 amide bonds. The zero-order valence-corrected chi connectivity index (χ0v) is 43.9. The van der Waals surface area contributed by atoms with Crippen LogP contribution in [0.2, 0.25) is 0 Å². The molecule has 82 heavy (non-hydrogen) atoms. The third-order valence-corrected chi connectivity index (χ3v) is 16.2. The molecule has 0 aliphatic rings. The van der Waals surface area contributed by atoms with Gasteiger partial charge in [0.15, 0.2) is 17.5 Å². The molecule has 0 aliphatic carbocycles. The quantitative estimate of drug-likeness (QED) is 0.151. The lowest BCUT2D eigenvalue weighted by Gasteiger charge is -2.14. The van der Waals surface area contributed by atoms with Crippen LogP contribution in [0.25, 0.3) is 167 Å². The van der Waals surface area contributed by atoms with Crippen LogP contribution in [0.1, 0.15) is 0 Å². The third kappa shape index (κ3) is 7.32. The summed E-state index contributed by atoms with van der Waals surface area (Å²) in [7, 11) is 0. The van der Waals surface area contributed by atoms with E-state index in [4.69, 9.17) is 28.8 Å². The van der Waals surface area contributed by atoms with Crippen LogP contribution in [0.3, 0.4) is 0 Å². The lowest BCUT2D eigenvalue weighted by molar-refractivity contribution is 0.668. The zero-order valence-electron chi connectivity index (χ0n) is 43.9. The zero-order chi connectivity index (χ0) is 53.8. The van der Waals surface area contributed by atoms with Gasteiger partial charge in [0, 0.05) is 71.0 Å². The van der Waals surface area contributed by atoms with Gasteiger partial charge in [-0.1, -0.05) is 176 Å². The maximum absolute atomic E-state index is 6.40. The van der Waals surface area contributed by atoms with Crippen LogP contribution >= 0.6 is 0 Å². The van der Waals surface area contributed by atoms with Crippen LogP contribution in [0.5, 0.6) is 0 Å². The molecular weight excluding hydrogens is 1000 g/mol. The molecule has 0 fully saturated rings. The van der Waals surface area contributed by atoms with E-state index in [0.717, 1.165) is 144 Å². The predicted octanol–water partition coefficient (Wildman–Crippen LogP) is 19.3. The number of furan rings is 2. The monoisotopic (exact) mass is 1050 g/mol. The number of fused-ring (bicyclic) bond motifs is 13. The first-order valence-electron chi connectivity index (χ1n) is 27.5. The Morgan fingerprint density at radius 2 is 0.695 bits per heavy atom. The molecular formula is C74H44N6O2. The maximum Gasteiger partial charge on any atom is 0.164 e. The van der Waals surface area contributed by atoms with Crippen molar-refractivity contribution in [3.63, 3.8) is 0 Å². The molecule has 17 aromatic rings. The van der Waals surface area contributed by atoms with E-state index < -0.39 is 0 Å². The van der Waals surface area contributed by atoms with Gasteiger partial charge in [-0.05, 0) is 113 Å². The summed E-state index contributed by atoms with van der Waals surface area (Å²) in [5.74, 6) is 2.56. The number of rotatable bonds is 8. The summed E-state index contributed by atoms with van der Waals surface area (Å²) in [6.45, 7) is 0. The molecule has 0 saturated carbocycles. The first-order chi connectivity index (χ1) is 40.6. The first kappa shape index (κ1) is 45.8. The van der Waals surface area contributed by atoms with Gasteiger partial charge in [-0.2, -0.15) is 0 Å². The van der Waals surface area contributed by atoms with E-state index in [2.05, 4.69) is 240 Å². The summed E-state index contributed by atoms with van der Waals surface area (Å²) < 4.78 is 17.3. The van der Waals surface area contributed by atoms with Crippen LogP contribution in [0.4, 0.5) is 0 Å². The Bertz CT molecular complexity index is 5420. The summed E-state index contributed by atoms with van der Waals surface area (Å²) >= 11 is 0. The summed E-state index contributed by atoms with van der Waals surface area (Å²) in [5.41, 5.74) is 17.6. The van der Waals surface area contributed by atoms with Gasteiger partial charge in [-0.25, -0.2) is 19.9 Å². The topological polar surface area (TPSA) is 87.7 Å². The molecule has 0 unspecified atom stereocenters. The van der Waals surface area contributed by atoms with Crippen molar-refractivity contribution in [3.05, 3.63) is 267 Å². The minimum Gasteiger partial charge on any atom is -0.456 e. The molecule has 8 heteroatoms. The van der Waals surface area contributed by atoms with E-state index in [0.29, 0.717) is 17.5 Å². The lowest BCUT2D eigenvalue weighted by Crippen LogP contribution is -2.02. The molecule has 17 rings (SSSR count). The van der Waals surface area contributed by atoms with E-state index in [1.54, 1.807) is 0 Å². The molecule has 0 spiro atoms. The number of aromatic nitrogens is 6. The lowest BCUT2D eigenvalue weighted by atomic mass is 10.0. The second-order valence-electron chi connectivity index (χ2n) is 20.9. The normalized spacial score (nSPS) is 11.9. The Hall–Kier alpha value is -11.2. The summed E-state index contributed by atoms with van der Waals surface area (Å²) in [6.07, 6.45) is 0. The van der Waals surface area contributed by atoms with Gasteiger partial charge in [0.1, 0.15) is 28.1 Å². The molecule has 0 bridgehead atoms. The molecule has 11 aromatic carbocycles. The second kappa shape index (κ2) is 18.2. The summed E-state index contributed by atoms with van der Waals surface area (Å²) in [6, 6.07) is 93.4. The fourth-order valence-corrected chi connectivity index (χ4v) is 12.3. The van der Waals surface area contributed by atoms with Crippen molar-refractivity contribution in [2.75, 3.05) is 0 Å². The molecule has 0 radical (unpaired) electrons. The fraction of sp³-hybridized carbons (Fsp3) is 0. The average molecular weight is 1050 g/mol. The van der Waals surface area contributed by atoms with Gasteiger partial charge in [0.05, 0.1) is 27.8 Å². The molecule has 0 atom stereocenters. The first-order valence-corrected chi connectivity index (χ1v) is 27.5. The Labute approximate surface area is 469 Å². The Morgan fingerprint density at radius 1 is 0.244 bits per heavy atom. The van der Waals surface area contributed by atoms with Crippen molar-refractivity contribution in [1.82, 2.24) is 29.1 Å². The minimum atomic E-state index is 0.571. The number of pyridine rings is 1. The largest absolute Gasteiger partial charge is 0.456 e. The Kier molecular flexibility index (Phi) is 10.1. The van der Waals surface area contributed by atoms with E-state index in [9.17, 15) is 0 Å². The molecule has 6 heterocycles. The van der Waals surface area contributed by atoms with Gasteiger partial charge in [-0.15, -0.1) is 0 Å². The van der Waals surface area contributed by atoms with Crippen molar-refractivity contribution in [2.24, 2.45) is 0 Å². The SMILES string of the molecule is c1ccc(-c2ccc3oc4ccc(-c5cccc(-n6c7ccccc7c7ccc8c9ccccc9n(-c9cccc(-c%10nc(-c%11ccccc%11)nc(-c%11cccc(-c%12ccc%13oc%14ccccc%14c%13c%12)c%11)n%10)c9)c8c76)n5)cc4c3c2)cc1. The smallest absolute Gasteiger partial charge is 0.164 e. The van der Waals surface area contributed by atoms with Crippen LogP contribution in [-0.2, 0) is 0 Å². The van der Waals surface area contributed by atoms with Crippen molar-refractivity contribution in [3.8, 4) is 79.2 Å². The number of hydrogen-bond acceptors (Lipinski definition) is 6. The van der Waals surface area contributed by atoms with Gasteiger partial charge >= 0.3 is 0 Å². The third-order valence-electron chi connectivity index (χ3n) is 16.2. The van der Waals surface area contributed by atoms with Gasteiger partial charge in [0.25, 0.3) is 0 Å². The molecule has 0 N–H and O–H groups in total. The molecule has 382 valence electrons. The van der Waals surface area contributed by atoms with Gasteiger partial charge in [-0.3, -0.25) is 4.57 Å². The molecule has 0 saturated heterocycles. The highest BCUT2D eigenvalue weighted by molar-refractivity contribution is 6.24. The van der Waals surface area contributed by atoms with E-state index in [-0.39, 0.29) is 0 Å². The Morgan fingerprint density at radius 3 is 1.38 bits per heavy atom. The van der Waals surface area contributed by atoms with E-state index in [1.807, 2.05) is 36.4 Å². The van der Waals surface area contributed by atoms with Crippen molar-refractivity contribution < 1.29 is 8.83 Å². The Balaban J connectivity index is 0.823.